The van der Waals surface area contributed by atoms with E-state index in [0.29, 0.717) is 0 Å². The Bertz CT molecular complexity index is 312. The molecule has 0 radical (unpaired) electrons. The topological polar surface area (TPSA) is 26.0 Å². The number of hydrogen-bond donors (Lipinski definition) is 1. The second-order valence-corrected chi connectivity index (χ2v) is 4.70. The average molecular weight is 207 g/mol. The van der Waals surface area contributed by atoms with Crippen LogP contribution in [0.5, 0.6) is 0 Å². The van der Waals surface area contributed by atoms with Crippen molar-refractivity contribution in [3.8, 4) is 0 Å². The summed E-state index contributed by atoms with van der Waals surface area (Å²) in [6, 6.07) is 6.75. The van der Waals surface area contributed by atoms with Crippen molar-refractivity contribution in [3.05, 3.63) is 35.6 Å². The van der Waals surface area contributed by atoms with Gasteiger partial charge in [-0.2, -0.15) is 0 Å². The van der Waals surface area contributed by atoms with Gasteiger partial charge in [-0.3, -0.25) is 0 Å². The molecule has 0 atom stereocenters. The molecule has 0 heterocycles. The fourth-order valence-electron chi connectivity index (χ4n) is 2.37. The number of hydrogen-bond acceptors (Lipinski definition) is 1. The molecule has 2 rings (SSSR count). The van der Waals surface area contributed by atoms with Gasteiger partial charge in [-0.15, -0.1) is 0 Å². The van der Waals surface area contributed by atoms with Crippen LogP contribution < -0.4 is 5.73 Å². The van der Waals surface area contributed by atoms with Crippen LogP contribution in [0.25, 0.3) is 0 Å². The minimum Gasteiger partial charge on any atom is -0.325 e. The van der Waals surface area contributed by atoms with E-state index in [1.165, 1.54) is 30.5 Å². The number of aryl methyl sites for hydroxylation is 1. The molecule has 0 bridgehead atoms. The van der Waals surface area contributed by atoms with Crippen LogP contribution in [0.1, 0.15) is 37.7 Å². The van der Waals surface area contributed by atoms with E-state index in [9.17, 15) is 4.39 Å². The summed E-state index contributed by atoms with van der Waals surface area (Å²) in [6.07, 6.45) is 6.82. The Morgan fingerprint density at radius 3 is 2.33 bits per heavy atom. The van der Waals surface area contributed by atoms with Crippen molar-refractivity contribution in [2.45, 2.75) is 44.1 Å². The first-order valence-corrected chi connectivity index (χ1v) is 5.71. The van der Waals surface area contributed by atoms with E-state index < -0.39 is 0 Å². The SMILES string of the molecule is NC1(CCc2ccc(F)cc2)CCCC1. The molecule has 1 aromatic rings. The summed E-state index contributed by atoms with van der Waals surface area (Å²) in [5, 5.41) is 0. The van der Waals surface area contributed by atoms with E-state index in [-0.39, 0.29) is 11.4 Å². The van der Waals surface area contributed by atoms with Gasteiger partial charge in [-0.05, 0) is 43.4 Å². The van der Waals surface area contributed by atoms with Gasteiger partial charge in [-0.25, -0.2) is 4.39 Å². The van der Waals surface area contributed by atoms with Gasteiger partial charge in [0.1, 0.15) is 5.82 Å². The second kappa shape index (κ2) is 4.31. The summed E-state index contributed by atoms with van der Waals surface area (Å²) in [5.41, 5.74) is 7.50. The van der Waals surface area contributed by atoms with Crippen LogP contribution in [0.4, 0.5) is 4.39 Å². The van der Waals surface area contributed by atoms with E-state index in [2.05, 4.69) is 0 Å². The van der Waals surface area contributed by atoms with Crippen LogP contribution in [0.15, 0.2) is 24.3 Å². The van der Waals surface area contributed by atoms with Gasteiger partial charge >= 0.3 is 0 Å². The first kappa shape index (κ1) is 10.6. The monoisotopic (exact) mass is 207 g/mol. The minimum atomic E-state index is -0.165. The maximum absolute atomic E-state index is 12.7. The first-order chi connectivity index (χ1) is 7.18. The molecule has 0 amide bonds. The Hall–Kier alpha value is -0.890. The van der Waals surface area contributed by atoms with Crippen LogP contribution in [0.2, 0.25) is 0 Å². The molecule has 1 nitrogen and oxygen atoms in total. The molecule has 1 fully saturated rings. The third kappa shape index (κ3) is 2.78. The lowest BCUT2D eigenvalue weighted by atomic mass is 9.91. The Kier molecular flexibility index (Phi) is 3.06. The van der Waals surface area contributed by atoms with Gasteiger partial charge in [0.15, 0.2) is 0 Å². The van der Waals surface area contributed by atoms with Gasteiger partial charge in [0.25, 0.3) is 0 Å². The molecule has 2 heteroatoms. The molecule has 2 N–H and O–H groups in total. The fraction of sp³-hybridized carbons (Fsp3) is 0.538. The average Bonchev–Trinajstić information content (AvgIpc) is 2.65. The van der Waals surface area contributed by atoms with E-state index in [4.69, 9.17) is 5.73 Å². The Labute approximate surface area is 90.5 Å². The smallest absolute Gasteiger partial charge is 0.123 e. The summed E-state index contributed by atoms with van der Waals surface area (Å²) in [4.78, 5) is 0. The van der Waals surface area contributed by atoms with Gasteiger partial charge in [-0.1, -0.05) is 25.0 Å². The van der Waals surface area contributed by atoms with Crippen LogP contribution in [-0.4, -0.2) is 5.54 Å². The molecular formula is C13H18FN. The van der Waals surface area contributed by atoms with Crippen LogP contribution in [-0.2, 0) is 6.42 Å². The highest BCUT2D eigenvalue weighted by molar-refractivity contribution is 5.16. The highest BCUT2D eigenvalue weighted by Gasteiger charge is 2.28. The zero-order chi connectivity index (χ0) is 10.7. The first-order valence-electron chi connectivity index (χ1n) is 5.71. The lowest BCUT2D eigenvalue weighted by Gasteiger charge is -2.23. The van der Waals surface area contributed by atoms with Crippen molar-refractivity contribution in [1.82, 2.24) is 0 Å². The molecule has 0 spiro atoms. The molecule has 1 aromatic carbocycles. The third-order valence-electron chi connectivity index (χ3n) is 3.42. The third-order valence-corrected chi connectivity index (χ3v) is 3.42. The number of benzene rings is 1. The zero-order valence-electron chi connectivity index (χ0n) is 9.01. The molecule has 0 saturated heterocycles. The highest BCUT2D eigenvalue weighted by Crippen LogP contribution is 2.31. The van der Waals surface area contributed by atoms with Gasteiger partial charge < -0.3 is 5.73 Å². The molecule has 0 aliphatic heterocycles. The van der Waals surface area contributed by atoms with Crippen molar-refractivity contribution in [2.24, 2.45) is 5.73 Å². The zero-order valence-corrected chi connectivity index (χ0v) is 9.01. The van der Waals surface area contributed by atoms with Crippen molar-refractivity contribution in [1.29, 1.82) is 0 Å². The van der Waals surface area contributed by atoms with Crippen molar-refractivity contribution >= 4 is 0 Å². The predicted molar refractivity (Wildman–Crippen MR) is 60.1 cm³/mol. The van der Waals surface area contributed by atoms with E-state index in [1.807, 2.05) is 12.1 Å². The van der Waals surface area contributed by atoms with Crippen molar-refractivity contribution < 1.29 is 4.39 Å². The van der Waals surface area contributed by atoms with Crippen molar-refractivity contribution in [2.75, 3.05) is 0 Å². The summed E-state index contributed by atoms with van der Waals surface area (Å²) in [7, 11) is 0. The van der Waals surface area contributed by atoms with Gasteiger partial charge in [0.05, 0.1) is 0 Å². The van der Waals surface area contributed by atoms with E-state index in [1.54, 1.807) is 0 Å². The number of halogens is 1. The normalized spacial score (nSPS) is 19.3. The summed E-state index contributed by atoms with van der Waals surface area (Å²) in [6.45, 7) is 0. The standard InChI is InChI=1S/C13H18FN/c14-12-5-3-11(4-6-12)7-10-13(15)8-1-2-9-13/h3-6H,1-2,7-10,15H2. The van der Waals surface area contributed by atoms with Crippen LogP contribution in [0, 0.1) is 5.82 Å². The molecule has 1 aliphatic rings. The predicted octanol–water partition coefficient (Wildman–Crippen LogP) is 3.03. The minimum absolute atomic E-state index is 0.0500. The molecule has 82 valence electrons. The lowest BCUT2D eigenvalue weighted by Crippen LogP contribution is -2.36. The van der Waals surface area contributed by atoms with E-state index in [0.717, 1.165) is 25.7 Å². The molecular weight excluding hydrogens is 189 g/mol. The molecule has 0 unspecified atom stereocenters. The second-order valence-electron chi connectivity index (χ2n) is 4.70. The Balaban J connectivity index is 1.90. The number of rotatable bonds is 3. The fourth-order valence-corrected chi connectivity index (χ4v) is 2.37. The lowest BCUT2D eigenvalue weighted by molar-refractivity contribution is 0.406. The highest BCUT2D eigenvalue weighted by atomic mass is 19.1. The van der Waals surface area contributed by atoms with Crippen molar-refractivity contribution in [3.63, 3.8) is 0 Å². The quantitative estimate of drug-likeness (QED) is 0.810. The van der Waals surface area contributed by atoms with E-state index >= 15 is 0 Å². The Morgan fingerprint density at radius 1 is 1.13 bits per heavy atom. The van der Waals surface area contributed by atoms with Crippen LogP contribution in [0.3, 0.4) is 0 Å². The molecule has 1 saturated carbocycles. The van der Waals surface area contributed by atoms with Gasteiger partial charge in [0.2, 0.25) is 0 Å². The molecule has 0 aromatic heterocycles. The molecule has 1 aliphatic carbocycles. The maximum atomic E-state index is 12.7. The number of nitrogens with two attached hydrogens (primary N) is 1. The Morgan fingerprint density at radius 2 is 1.73 bits per heavy atom. The summed E-state index contributed by atoms with van der Waals surface area (Å²) in [5.74, 6) is -0.165. The largest absolute Gasteiger partial charge is 0.325 e. The maximum Gasteiger partial charge on any atom is 0.123 e. The van der Waals surface area contributed by atoms with Crippen LogP contribution >= 0.6 is 0 Å². The van der Waals surface area contributed by atoms with Gasteiger partial charge in [0, 0.05) is 5.54 Å². The summed E-state index contributed by atoms with van der Waals surface area (Å²) >= 11 is 0. The summed E-state index contributed by atoms with van der Waals surface area (Å²) < 4.78 is 12.7. The molecule has 15 heavy (non-hydrogen) atoms.